The van der Waals surface area contributed by atoms with Gasteiger partial charge in [-0.2, -0.15) is 0 Å². The lowest BCUT2D eigenvalue weighted by Gasteiger charge is -2.32. The number of para-hydroxylation sites is 1. The van der Waals surface area contributed by atoms with Crippen molar-refractivity contribution in [2.45, 2.75) is 12.5 Å². The van der Waals surface area contributed by atoms with Gasteiger partial charge in [0.15, 0.2) is 5.15 Å². The van der Waals surface area contributed by atoms with Crippen molar-refractivity contribution >= 4 is 44.8 Å². The molecule has 1 N–H and O–H groups in total. The van der Waals surface area contributed by atoms with E-state index < -0.39 is 0 Å². The molecule has 1 amide bonds. The minimum Gasteiger partial charge on any atom is -0.375 e. The van der Waals surface area contributed by atoms with Gasteiger partial charge < -0.3 is 10.2 Å². The van der Waals surface area contributed by atoms with Crippen LogP contribution in [0.5, 0.6) is 0 Å². The van der Waals surface area contributed by atoms with Crippen molar-refractivity contribution in [3.63, 3.8) is 0 Å². The van der Waals surface area contributed by atoms with Gasteiger partial charge in [0.2, 0.25) is 5.91 Å². The summed E-state index contributed by atoms with van der Waals surface area (Å²) in [7, 11) is 1.80. The van der Waals surface area contributed by atoms with Crippen LogP contribution in [0.15, 0.2) is 41.0 Å². The monoisotopic (exact) mass is 365 g/mol. The molecule has 108 valence electrons. The SMILES string of the molecule is CN1C(=O)CC(Nc2cc(Br)cnc2Cl)c2ccccc21. The van der Waals surface area contributed by atoms with E-state index in [1.54, 1.807) is 18.1 Å². The van der Waals surface area contributed by atoms with E-state index in [9.17, 15) is 4.79 Å². The highest BCUT2D eigenvalue weighted by atomic mass is 79.9. The Kier molecular flexibility index (Phi) is 3.87. The molecule has 0 fully saturated rings. The lowest BCUT2D eigenvalue weighted by atomic mass is 9.96. The molecule has 4 nitrogen and oxygen atoms in total. The van der Waals surface area contributed by atoms with E-state index in [0.29, 0.717) is 17.3 Å². The Labute approximate surface area is 136 Å². The zero-order valence-electron chi connectivity index (χ0n) is 11.3. The van der Waals surface area contributed by atoms with Gasteiger partial charge in [-0.25, -0.2) is 4.98 Å². The van der Waals surface area contributed by atoms with Gasteiger partial charge in [0, 0.05) is 23.4 Å². The van der Waals surface area contributed by atoms with Crippen molar-refractivity contribution in [2.24, 2.45) is 0 Å². The predicted octanol–water partition coefficient (Wildman–Crippen LogP) is 4.02. The molecule has 2 heterocycles. The van der Waals surface area contributed by atoms with E-state index in [1.807, 2.05) is 30.3 Å². The van der Waals surface area contributed by atoms with E-state index in [-0.39, 0.29) is 11.9 Å². The van der Waals surface area contributed by atoms with Crippen LogP contribution < -0.4 is 10.2 Å². The molecule has 0 radical (unpaired) electrons. The fourth-order valence-corrected chi connectivity index (χ4v) is 2.97. The molecular formula is C15H13BrClN3O. The minimum atomic E-state index is -0.113. The number of carbonyl (C=O) groups excluding carboxylic acids is 1. The van der Waals surface area contributed by atoms with Gasteiger partial charge in [-0.15, -0.1) is 0 Å². The van der Waals surface area contributed by atoms with Crippen molar-refractivity contribution in [1.82, 2.24) is 4.98 Å². The van der Waals surface area contributed by atoms with E-state index in [1.165, 1.54) is 0 Å². The number of amides is 1. The zero-order chi connectivity index (χ0) is 15.0. The summed E-state index contributed by atoms with van der Waals surface area (Å²) in [5.74, 6) is 0.0743. The number of aromatic nitrogens is 1. The average Bonchev–Trinajstić information content (AvgIpc) is 2.48. The summed E-state index contributed by atoms with van der Waals surface area (Å²) in [5, 5.41) is 3.72. The van der Waals surface area contributed by atoms with Gasteiger partial charge in [-0.3, -0.25) is 4.79 Å². The van der Waals surface area contributed by atoms with Crippen LogP contribution in [0.2, 0.25) is 5.15 Å². The first-order chi connectivity index (χ1) is 10.1. The number of hydrogen-bond donors (Lipinski definition) is 1. The number of nitrogens with one attached hydrogen (secondary N) is 1. The highest BCUT2D eigenvalue weighted by Crippen LogP contribution is 2.37. The molecule has 0 saturated heterocycles. The van der Waals surface area contributed by atoms with Gasteiger partial charge in [-0.05, 0) is 33.6 Å². The Balaban J connectivity index is 1.98. The maximum absolute atomic E-state index is 12.1. The second kappa shape index (κ2) is 5.66. The van der Waals surface area contributed by atoms with Crippen LogP contribution >= 0.6 is 27.5 Å². The normalized spacial score (nSPS) is 17.6. The topological polar surface area (TPSA) is 45.2 Å². The molecule has 21 heavy (non-hydrogen) atoms. The summed E-state index contributed by atoms with van der Waals surface area (Å²) >= 11 is 9.50. The Morgan fingerprint density at radius 2 is 2.19 bits per heavy atom. The summed E-state index contributed by atoms with van der Waals surface area (Å²) in [5.41, 5.74) is 2.71. The highest BCUT2D eigenvalue weighted by Gasteiger charge is 2.29. The summed E-state index contributed by atoms with van der Waals surface area (Å²) in [6.07, 6.45) is 2.03. The number of halogens is 2. The quantitative estimate of drug-likeness (QED) is 0.817. The fourth-order valence-electron chi connectivity index (χ4n) is 2.48. The molecule has 1 aliphatic rings. The first-order valence-electron chi connectivity index (χ1n) is 6.49. The summed E-state index contributed by atoms with van der Waals surface area (Å²) in [6.45, 7) is 0. The van der Waals surface area contributed by atoms with Gasteiger partial charge in [0.1, 0.15) is 0 Å². The molecule has 1 atom stereocenters. The molecule has 0 spiro atoms. The van der Waals surface area contributed by atoms with E-state index >= 15 is 0 Å². The van der Waals surface area contributed by atoms with Crippen molar-refractivity contribution < 1.29 is 4.79 Å². The minimum absolute atomic E-state index is 0.0743. The molecule has 0 aliphatic carbocycles. The number of anilines is 2. The lowest BCUT2D eigenvalue weighted by molar-refractivity contribution is -0.118. The molecule has 1 unspecified atom stereocenters. The van der Waals surface area contributed by atoms with Crippen LogP contribution in [-0.2, 0) is 4.79 Å². The Morgan fingerprint density at radius 3 is 3.00 bits per heavy atom. The smallest absolute Gasteiger partial charge is 0.229 e. The average molecular weight is 367 g/mol. The molecular weight excluding hydrogens is 354 g/mol. The third kappa shape index (κ3) is 2.76. The number of benzene rings is 1. The maximum atomic E-state index is 12.1. The molecule has 0 saturated carbocycles. The Hall–Kier alpha value is -1.59. The van der Waals surface area contributed by atoms with Crippen molar-refractivity contribution in [3.8, 4) is 0 Å². The molecule has 1 aromatic heterocycles. The molecule has 3 rings (SSSR count). The van der Waals surface area contributed by atoms with Gasteiger partial charge in [0.25, 0.3) is 0 Å². The van der Waals surface area contributed by atoms with Crippen LogP contribution in [0.25, 0.3) is 0 Å². The fraction of sp³-hybridized carbons (Fsp3) is 0.200. The molecule has 6 heteroatoms. The van der Waals surface area contributed by atoms with Crippen molar-refractivity contribution in [1.29, 1.82) is 0 Å². The first kappa shape index (κ1) is 14.4. The number of hydrogen-bond acceptors (Lipinski definition) is 3. The van der Waals surface area contributed by atoms with Crippen LogP contribution in [0.4, 0.5) is 11.4 Å². The number of nitrogens with zero attached hydrogens (tertiary/aromatic N) is 2. The van der Waals surface area contributed by atoms with Crippen LogP contribution in [-0.4, -0.2) is 17.9 Å². The van der Waals surface area contributed by atoms with Crippen LogP contribution in [0.3, 0.4) is 0 Å². The van der Waals surface area contributed by atoms with Gasteiger partial charge >= 0.3 is 0 Å². The summed E-state index contributed by atoms with van der Waals surface area (Å²) < 4.78 is 0.835. The van der Waals surface area contributed by atoms with Crippen molar-refractivity contribution in [3.05, 3.63) is 51.7 Å². The second-order valence-corrected chi connectivity index (χ2v) is 6.18. The molecule has 2 aromatic rings. The summed E-state index contributed by atoms with van der Waals surface area (Å²) in [6, 6.07) is 9.62. The lowest BCUT2D eigenvalue weighted by Crippen LogP contribution is -2.35. The summed E-state index contributed by atoms with van der Waals surface area (Å²) in [4.78, 5) is 17.9. The second-order valence-electron chi connectivity index (χ2n) is 4.90. The number of rotatable bonds is 2. The van der Waals surface area contributed by atoms with E-state index in [0.717, 1.165) is 15.7 Å². The molecule has 0 bridgehead atoms. The standard InChI is InChI=1S/C15H13BrClN3O/c1-20-13-5-3-2-4-10(13)11(7-14(20)21)19-12-6-9(16)8-18-15(12)17/h2-6,8,11,19H,7H2,1H3. The third-order valence-electron chi connectivity index (χ3n) is 3.56. The number of pyridine rings is 1. The zero-order valence-corrected chi connectivity index (χ0v) is 13.6. The predicted molar refractivity (Wildman–Crippen MR) is 87.8 cm³/mol. The maximum Gasteiger partial charge on any atom is 0.229 e. The first-order valence-corrected chi connectivity index (χ1v) is 7.66. The Morgan fingerprint density at radius 1 is 1.43 bits per heavy atom. The largest absolute Gasteiger partial charge is 0.375 e. The van der Waals surface area contributed by atoms with Gasteiger partial charge in [0.05, 0.1) is 18.2 Å². The molecule has 1 aromatic carbocycles. The highest BCUT2D eigenvalue weighted by molar-refractivity contribution is 9.10. The number of carbonyl (C=O) groups is 1. The third-order valence-corrected chi connectivity index (χ3v) is 4.30. The van der Waals surface area contributed by atoms with Crippen molar-refractivity contribution in [2.75, 3.05) is 17.3 Å². The Bertz CT molecular complexity index is 707. The van der Waals surface area contributed by atoms with E-state index in [4.69, 9.17) is 11.6 Å². The molecule has 1 aliphatic heterocycles. The van der Waals surface area contributed by atoms with Crippen LogP contribution in [0.1, 0.15) is 18.0 Å². The van der Waals surface area contributed by atoms with Crippen LogP contribution in [0, 0.1) is 0 Å². The van der Waals surface area contributed by atoms with E-state index in [2.05, 4.69) is 26.2 Å². The number of fused-ring (bicyclic) bond motifs is 1. The van der Waals surface area contributed by atoms with Gasteiger partial charge in [-0.1, -0.05) is 29.8 Å².